The van der Waals surface area contributed by atoms with Gasteiger partial charge in [0.1, 0.15) is 11.6 Å². The number of nitrogens with zero attached hydrogens (tertiary/aromatic N) is 1. The molecule has 1 aliphatic heterocycles. The average Bonchev–Trinajstić information content (AvgIpc) is 2.31. The summed E-state index contributed by atoms with van der Waals surface area (Å²) in [5, 5.41) is 0. The lowest BCUT2D eigenvalue weighted by Crippen LogP contribution is -2.45. The molecule has 18 heavy (non-hydrogen) atoms. The van der Waals surface area contributed by atoms with E-state index in [1.807, 2.05) is 0 Å². The molecule has 4 heteroatoms. The van der Waals surface area contributed by atoms with E-state index in [2.05, 4.69) is 18.7 Å². The third kappa shape index (κ3) is 2.70. The van der Waals surface area contributed by atoms with Crippen molar-refractivity contribution in [3.63, 3.8) is 0 Å². The van der Waals surface area contributed by atoms with Gasteiger partial charge in [-0.05, 0) is 44.9 Å². The van der Waals surface area contributed by atoms with Gasteiger partial charge >= 0.3 is 0 Å². The lowest BCUT2D eigenvalue weighted by Gasteiger charge is -2.41. The van der Waals surface area contributed by atoms with E-state index >= 15 is 0 Å². The number of piperidine rings is 1. The smallest absolute Gasteiger partial charge is 0.128 e. The maximum absolute atomic E-state index is 13.9. The summed E-state index contributed by atoms with van der Waals surface area (Å²) in [6.45, 7) is 4.97. The minimum absolute atomic E-state index is 0.0627. The number of hydrogen-bond acceptors (Lipinski definition) is 2. The van der Waals surface area contributed by atoms with Gasteiger partial charge in [0.05, 0.1) is 0 Å². The molecule has 0 amide bonds. The van der Waals surface area contributed by atoms with E-state index in [9.17, 15) is 8.78 Å². The van der Waals surface area contributed by atoms with Crippen molar-refractivity contribution >= 4 is 0 Å². The summed E-state index contributed by atoms with van der Waals surface area (Å²) >= 11 is 0. The molecule has 0 saturated carbocycles. The fourth-order valence-electron chi connectivity index (χ4n) is 2.70. The molecule has 2 rings (SSSR count). The monoisotopic (exact) mass is 254 g/mol. The minimum Gasteiger partial charge on any atom is -0.328 e. The van der Waals surface area contributed by atoms with Crippen molar-refractivity contribution in [3.8, 4) is 0 Å². The lowest BCUT2D eigenvalue weighted by atomic mass is 9.91. The number of halogens is 2. The van der Waals surface area contributed by atoms with Crippen LogP contribution >= 0.6 is 0 Å². The van der Waals surface area contributed by atoms with Gasteiger partial charge in [-0.15, -0.1) is 0 Å². The summed E-state index contributed by atoms with van der Waals surface area (Å²) in [5.74, 6) is -0.740. The molecule has 2 unspecified atom stereocenters. The first-order valence-corrected chi connectivity index (χ1v) is 6.45. The second-order valence-corrected chi connectivity index (χ2v) is 5.30. The van der Waals surface area contributed by atoms with Gasteiger partial charge in [-0.25, -0.2) is 8.78 Å². The van der Waals surface area contributed by atoms with Gasteiger partial charge in [0, 0.05) is 30.2 Å². The quantitative estimate of drug-likeness (QED) is 0.879. The van der Waals surface area contributed by atoms with Crippen molar-refractivity contribution in [3.05, 3.63) is 35.4 Å². The summed E-state index contributed by atoms with van der Waals surface area (Å²) in [6, 6.07) is 3.89. The van der Waals surface area contributed by atoms with E-state index in [1.54, 1.807) is 0 Å². The molecule has 1 heterocycles. The molecular weight excluding hydrogens is 234 g/mol. The molecule has 1 aromatic rings. The summed E-state index contributed by atoms with van der Waals surface area (Å²) in [7, 11) is 0. The van der Waals surface area contributed by atoms with Gasteiger partial charge in [0.15, 0.2) is 0 Å². The zero-order valence-electron chi connectivity index (χ0n) is 10.9. The summed E-state index contributed by atoms with van der Waals surface area (Å²) in [4.78, 5) is 2.20. The highest BCUT2D eigenvalue weighted by Gasteiger charge is 2.31. The first kappa shape index (κ1) is 13.4. The molecule has 1 saturated heterocycles. The maximum Gasteiger partial charge on any atom is 0.128 e. The molecular formula is C14H20F2N2. The Labute approximate surface area is 107 Å². The largest absolute Gasteiger partial charge is 0.328 e. The zero-order chi connectivity index (χ0) is 13.3. The van der Waals surface area contributed by atoms with Crippen molar-refractivity contribution in [1.29, 1.82) is 0 Å². The molecule has 0 spiro atoms. The van der Waals surface area contributed by atoms with Crippen LogP contribution in [-0.2, 0) is 0 Å². The van der Waals surface area contributed by atoms with E-state index in [0.29, 0.717) is 18.0 Å². The highest BCUT2D eigenvalue weighted by molar-refractivity contribution is 5.23. The Kier molecular flexibility index (Phi) is 3.97. The van der Waals surface area contributed by atoms with Crippen molar-refractivity contribution in [1.82, 2.24) is 4.90 Å². The van der Waals surface area contributed by atoms with Crippen molar-refractivity contribution in [2.45, 2.75) is 44.8 Å². The zero-order valence-corrected chi connectivity index (χ0v) is 10.9. The summed E-state index contributed by atoms with van der Waals surface area (Å²) in [5.41, 5.74) is 6.40. The molecule has 2 atom stereocenters. The molecule has 0 aromatic heterocycles. The molecule has 1 aromatic carbocycles. The summed E-state index contributed by atoms with van der Waals surface area (Å²) in [6.07, 6.45) is 1.59. The first-order chi connectivity index (χ1) is 8.49. The number of benzene rings is 1. The van der Waals surface area contributed by atoms with Crippen LogP contribution in [0.15, 0.2) is 18.2 Å². The molecule has 0 aliphatic carbocycles. The molecule has 1 fully saturated rings. The normalized spacial score (nSPS) is 25.7. The average molecular weight is 254 g/mol. The van der Waals surface area contributed by atoms with E-state index < -0.39 is 5.82 Å². The third-order valence-electron chi connectivity index (χ3n) is 3.66. The van der Waals surface area contributed by atoms with Crippen molar-refractivity contribution < 1.29 is 8.78 Å². The van der Waals surface area contributed by atoms with Gasteiger partial charge in [-0.1, -0.05) is 0 Å². The van der Waals surface area contributed by atoms with E-state index in [0.717, 1.165) is 19.0 Å². The van der Waals surface area contributed by atoms with Crippen LogP contribution in [-0.4, -0.2) is 23.5 Å². The molecule has 0 radical (unpaired) electrons. The van der Waals surface area contributed by atoms with Crippen LogP contribution in [0.3, 0.4) is 0 Å². The van der Waals surface area contributed by atoms with Crippen molar-refractivity contribution in [2.24, 2.45) is 5.73 Å². The Bertz CT molecular complexity index is 420. The van der Waals surface area contributed by atoms with E-state index in [-0.39, 0.29) is 17.9 Å². The Morgan fingerprint density at radius 1 is 1.33 bits per heavy atom. The minimum atomic E-state index is -0.394. The van der Waals surface area contributed by atoms with Crippen LogP contribution < -0.4 is 5.73 Å². The Balaban J connectivity index is 2.34. The maximum atomic E-state index is 13.9. The third-order valence-corrected chi connectivity index (χ3v) is 3.66. The second-order valence-electron chi connectivity index (χ2n) is 5.30. The Morgan fingerprint density at radius 3 is 2.72 bits per heavy atom. The van der Waals surface area contributed by atoms with Crippen LogP contribution in [0.25, 0.3) is 0 Å². The predicted molar refractivity (Wildman–Crippen MR) is 68.2 cm³/mol. The molecule has 100 valence electrons. The molecule has 2 nitrogen and oxygen atoms in total. The fourth-order valence-corrected chi connectivity index (χ4v) is 2.70. The van der Waals surface area contributed by atoms with Crippen LogP contribution in [0.4, 0.5) is 8.78 Å². The predicted octanol–water partition coefficient (Wildman–Crippen LogP) is 2.84. The number of rotatable bonds is 2. The summed E-state index contributed by atoms with van der Waals surface area (Å²) < 4.78 is 27.2. The Hall–Kier alpha value is -1.00. The van der Waals surface area contributed by atoms with Gasteiger partial charge in [-0.3, -0.25) is 4.90 Å². The van der Waals surface area contributed by atoms with Gasteiger partial charge in [0.25, 0.3) is 0 Å². The van der Waals surface area contributed by atoms with Crippen LogP contribution in [0.1, 0.15) is 38.3 Å². The highest BCUT2D eigenvalue weighted by Crippen LogP contribution is 2.33. The molecule has 0 bridgehead atoms. The Morgan fingerprint density at radius 2 is 2.06 bits per heavy atom. The second kappa shape index (κ2) is 5.33. The van der Waals surface area contributed by atoms with Crippen LogP contribution in [0, 0.1) is 11.6 Å². The van der Waals surface area contributed by atoms with E-state index in [4.69, 9.17) is 5.73 Å². The first-order valence-electron chi connectivity index (χ1n) is 6.45. The standard InChI is InChI=1S/C14H20F2N2/c1-9(2)18-6-5-11(17)8-14(18)12-7-10(15)3-4-13(12)16/h3-4,7,9,11,14H,5-6,8,17H2,1-2H3. The van der Waals surface area contributed by atoms with Crippen LogP contribution in [0.5, 0.6) is 0 Å². The number of hydrogen-bond donors (Lipinski definition) is 1. The van der Waals surface area contributed by atoms with Gasteiger partial charge < -0.3 is 5.73 Å². The molecule has 2 N–H and O–H groups in total. The van der Waals surface area contributed by atoms with Crippen molar-refractivity contribution in [2.75, 3.05) is 6.54 Å². The lowest BCUT2D eigenvalue weighted by molar-refractivity contribution is 0.0988. The number of likely N-dealkylation sites (tertiary alicyclic amines) is 1. The topological polar surface area (TPSA) is 29.3 Å². The van der Waals surface area contributed by atoms with Crippen LogP contribution in [0.2, 0.25) is 0 Å². The highest BCUT2D eigenvalue weighted by atomic mass is 19.1. The van der Waals surface area contributed by atoms with Gasteiger partial charge in [0.2, 0.25) is 0 Å². The number of nitrogens with two attached hydrogens (primary N) is 1. The SMILES string of the molecule is CC(C)N1CCC(N)CC1c1cc(F)ccc1F. The van der Waals surface area contributed by atoms with E-state index in [1.165, 1.54) is 12.1 Å². The van der Waals surface area contributed by atoms with Gasteiger partial charge in [-0.2, -0.15) is 0 Å². The molecule has 1 aliphatic rings. The fraction of sp³-hybridized carbons (Fsp3) is 0.571.